The topological polar surface area (TPSA) is 43.4 Å². The van der Waals surface area contributed by atoms with Crippen LogP contribution in [0.5, 0.6) is 5.75 Å². The molecule has 0 aromatic heterocycles. The van der Waals surface area contributed by atoms with Crippen LogP contribution in [0.2, 0.25) is 0 Å². The molecule has 94 valence electrons. The first-order chi connectivity index (χ1) is 7.77. The van der Waals surface area contributed by atoms with E-state index in [2.05, 4.69) is 6.58 Å². The maximum absolute atomic E-state index is 13.4. The van der Waals surface area contributed by atoms with E-state index in [1.165, 1.54) is 6.08 Å². The Labute approximate surface area is 102 Å². The lowest BCUT2D eigenvalue weighted by atomic mass is 10.3. The summed E-state index contributed by atoms with van der Waals surface area (Å²) in [6.07, 6.45) is 0.839. The van der Waals surface area contributed by atoms with Gasteiger partial charge in [0.05, 0.1) is 0 Å². The molecule has 1 atom stereocenters. The Morgan fingerprint density at radius 3 is 2.47 bits per heavy atom. The highest BCUT2D eigenvalue weighted by Gasteiger charge is 2.22. The van der Waals surface area contributed by atoms with Gasteiger partial charge in [0.2, 0.25) is 5.82 Å². The molecule has 0 amide bonds. The Balaban J connectivity index is 3.25. The molecule has 0 aliphatic rings. The predicted octanol–water partition coefficient (Wildman–Crippen LogP) is 2.85. The van der Waals surface area contributed by atoms with Crippen molar-refractivity contribution in [2.45, 2.75) is 17.9 Å². The van der Waals surface area contributed by atoms with Gasteiger partial charge < -0.3 is 4.74 Å². The van der Waals surface area contributed by atoms with E-state index in [0.29, 0.717) is 0 Å². The average Bonchev–Trinajstić information content (AvgIpc) is 2.22. The molecule has 17 heavy (non-hydrogen) atoms. The van der Waals surface area contributed by atoms with Crippen LogP contribution in [0.25, 0.3) is 0 Å². The second-order valence-corrected chi connectivity index (χ2v) is 5.72. The third-order valence-electron chi connectivity index (χ3n) is 1.92. The van der Waals surface area contributed by atoms with E-state index >= 15 is 0 Å². The van der Waals surface area contributed by atoms with E-state index in [4.69, 9.17) is 15.4 Å². The Bertz CT molecular complexity index is 543. The van der Waals surface area contributed by atoms with Gasteiger partial charge in [0, 0.05) is 10.7 Å². The van der Waals surface area contributed by atoms with Crippen molar-refractivity contribution >= 4 is 19.7 Å². The molecule has 1 aromatic rings. The number of benzene rings is 1. The molecule has 0 saturated carbocycles. The molecular formula is C10H9ClF2O3S. The summed E-state index contributed by atoms with van der Waals surface area (Å²) in [5.41, 5.74) is 0. The maximum Gasteiger partial charge on any atom is 0.264 e. The molecule has 1 unspecified atom stereocenters. The Morgan fingerprint density at radius 1 is 1.41 bits per heavy atom. The Hall–Kier alpha value is -1.14. The Morgan fingerprint density at radius 2 is 2.00 bits per heavy atom. The summed E-state index contributed by atoms with van der Waals surface area (Å²) in [7, 11) is 0.604. The minimum Gasteiger partial charge on any atom is -0.483 e. The molecule has 0 aliphatic heterocycles. The van der Waals surface area contributed by atoms with Crippen molar-refractivity contribution in [3.63, 3.8) is 0 Å². The minimum atomic E-state index is -4.33. The van der Waals surface area contributed by atoms with E-state index in [0.717, 1.165) is 12.1 Å². The molecule has 0 radical (unpaired) electrons. The van der Waals surface area contributed by atoms with Gasteiger partial charge in [-0.05, 0) is 19.1 Å². The van der Waals surface area contributed by atoms with E-state index in [1.807, 2.05) is 0 Å². The van der Waals surface area contributed by atoms with Gasteiger partial charge in [0.15, 0.2) is 11.6 Å². The van der Waals surface area contributed by atoms with Gasteiger partial charge in [0.25, 0.3) is 9.05 Å². The molecule has 0 saturated heterocycles. The fourth-order valence-corrected chi connectivity index (χ4v) is 1.93. The quantitative estimate of drug-likeness (QED) is 0.630. The fourth-order valence-electron chi connectivity index (χ4n) is 1.04. The van der Waals surface area contributed by atoms with Crippen molar-refractivity contribution in [3.05, 3.63) is 36.4 Å². The van der Waals surface area contributed by atoms with E-state index in [9.17, 15) is 17.2 Å². The largest absolute Gasteiger partial charge is 0.483 e. The van der Waals surface area contributed by atoms with Gasteiger partial charge in [-0.15, -0.1) is 0 Å². The molecular weight excluding hydrogens is 274 g/mol. The van der Waals surface area contributed by atoms with Crippen LogP contribution < -0.4 is 4.74 Å². The zero-order valence-electron chi connectivity index (χ0n) is 8.78. The van der Waals surface area contributed by atoms with Gasteiger partial charge >= 0.3 is 0 Å². The molecule has 0 heterocycles. The third-order valence-corrected chi connectivity index (χ3v) is 3.26. The average molecular weight is 283 g/mol. The predicted molar refractivity (Wildman–Crippen MR) is 59.7 cm³/mol. The van der Waals surface area contributed by atoms with Crippen LogP contribution >= 0.6 is 10.7 Å². The number of ether oxygens (including phenoxy) is 1. The molecule has 1 rings (SSSR count). The van der Waals surface area contributed by atoms with E-state index in [-0.39, 0.29) is 0 Å². The van der Waals surface area contributed by atoms with Crippen LogP contribution in [0.3, 0.4) is 0 Å². The standard InChI is InChI=1S/C10H9ClF2O3S/c1-3-6(2)16-7-4-5-8(17(11,14)15)10(13)9(7)12/h3-6H,1H2,2H3. The summed E-state index contributed by atoms with van der Waals surface area (Å²) in [4.78, 5) is -0.921. The van der Waals surface area contributed by atoms with Crippen LogP contribution in [0.15, 0.2) is 29.7 Å². The van der Waals surface area contributed by atoms with Crippen LogP contribution in [0, 0.1) is 11.6 Å². The monoisotopic (exact) mass is 282 g/mol. The number of hydrogen-bond donors (Lipinski definition) is 0. The van der Waals surface area contributed by atoms with E-state index in [1.54, 1.807) is 6.92 Å². The summed E-state index contributed by atoms with van der Waals surface area (Å²) >= 11 is 0. The van der Waals surface area contributed by atoms with Gasteiger partial charge in [-0.25, -0.2) is 12.8 Å². The third kappa shape index (κ3) is 3.17. The Kier molecular flexibility index (Phi) is 4.11. The summed E-state index contributed by atoms with van der Waals surface area (Å²) < 4.78 is 53.6. The van der Waals surface area contributed by atoms with Crippen LogP contribution in [-0.4, -0.2) is 14.5 Å². The molecule has 0 N–H and O–H groups in total. The first-order valence-corrected chi connectivity index (χ1v) is 6.80. The number of rotatable bonds is 4. The molecule has 0 bridgehead atoms. The molecule has 0 aliphatic carbocycles. The fraction of sp³-hybridized carbons (Fsp3) is 0.200. The summed E-state index contributed by atoms with van der Waals surface area (Å²) in [5, 5.41) is 0. The van der Waals surface area contributed by atoms with Gasteiger partial charge in [-0.2, -0.15) is 4.39 Å². The number of halogens is 3. The SMILES string of the molecule is C=CC(C)Oc1ccc(S(=O)(=O)Cl)c(F)c1F. The molecule has 7 heteroatoms. The van der Waals surface area contributed by atoms with Crippen LogP contribution in [0.1, 0.15) is 6.92 Å². The highest BCUT2D eigenvalue weighted by Crippen LogP contribution is 2.28. The zero-order chi connectivity index (χ0) is 13.2. The normalized spacial score (nSPS) is 13.2. The lowest BCUT2D eigenvalue weighted by Crippen LogP contribution is -2.10. The smallest absolute Gasteiger partial charge is 0.264 e. The van der Waals surface area contributed by atoms with Gasteiger partial charge in [-0.1, -0.05) is 12.7 Å². The zero-order valence-corrected chi connectivity index (χ0v) is 10.4. The van der Waals surface area contributed by atoms with Crippen molar-refractivity contribution in [3.8, 4) is 5.75 Å². The maximum atomic E-state index is 13.4. The lowest BCUT2D eigenvalue weighted by Gasteiger charge is -2.12. The van der Waals surface area contributed by atoms with Crippen molar-refractivity contribution in [2.75, 3.05) is 0 Å². The molecule has 0 fully saturated rings. The molecule has 0 spiro atoms. The first kappa shape index (κ1) is 13.9. The summed E-state index contributed by atoms with van der Waals surface area (Å²) in [6, 6.07) is 1.83. The van der Waals surface area contributed by atoms with Crippen molar-refractivity contribution in [1.82, 2.24) is 0 Å². The first-order valence-electron chi connectivity index (χ1n) is 4.49. The lowest BCUT2D eigenvalue weighted by molar-refractivity contribution is 0.252. The van der Waals surface area contributed by atoms with Gasteiger partial charge in [-0.3, -0.25) is 0 Å². The minimum absolute atomic E-state index is 0.404. The molecule has 1 aromatic carbocycles. The number of hydrogen-bond acceptors (Lipinski definition) is 3. The summed E-state index contributed by atoms with van der Waals surface area (Å²) in [5.74, 6) is -3.37. The highest BCUT2D eigenvalue weighted by molar-refractivity contribution is 8.13. The summed E-state index contributed by atoms with van der Waals surface area (Å²) in [6.45, 7) is 4.97. The van der Waals surface area contributed by atoms with Crippen molar-refractivity contribution in [1.29, 1.82) is 0 Å². The van der Waals surface area contributed by atoms with Crippen molar-refractivity contribution < 1.29 is 21.9 Å². The van der Waals surface area contributed by atoms with Crippen molar-refractivity contribution in [2.24, 2.45) is 0 Å². The highest BCUT2D eigenvalue weighted by atomic mass is 35.7. The van der Waals surface area contributed by atoms with Crippen LogP contribution in [-0.2, 0) is 9.05 Å². The second kappa shape index (κ2) is 5.01. The van der Waals surface area contributed by atoms with Gasteiger partial charge in [0.1, 0.15) is 11.0 Å². The second-order valence-electron chi connectivity index (χ2n) is 3.19. The van der Waals surface area contributed by atoms with Crippen LogP contribution in [0.4, 0.5) is 8.78 Å². The molecule has 3 nitrogen and oxygen atoms in total. The van der Waals surface area contributed by atoms with E-state index < -0.39 is 37.4 Å².